The van der Waals surface area contributed by atoms with Crippen LogP contribution in [0.2, 0.25) is 0 Å². The van der Waals surface area contributed by atoms with Gasteiger partial charge in [0, 0.05) is 13.2 Å². The van der Waals surface area contributed by atoms with Crippen molar-refractivity contribution in [1.29, 1.82) is 0 Å². The Morgan fingerprint density at radius 1 is 1.47 bits per heavy atom. The molecule has 5 heteroatoms. The molecular weight excluding hydrogens is 249 g/mol. The average Bonchev–Trinajstić information content (AvgIpc) is 2.89. The van der Waals surface area contributed by atoms with Gasteiger partial charge in [-0.2, -0.15) is 0 Å². The fourth-order valence-corrected chi connectivity index (χ4v) is 2.58. The lowest BCUT2D eigenvalue weighted by Crippen LogP contribution is -2.45. The minimum Gasteiger partial charge on any atom is -0.481 e. The smallest absolute Gasteiger partial charge is 0.315 e. The molecule has 0 bridgehead atoms. The van der Waals surface area contributed by atoms with Gasteiger partial charge in [0.15, 0.2) is 0 Å². The Morgan fingerprint density at radius 3 is 2.63 bits per heavy atom. The van der Waals surface area contributed by atoms with Gasteiger partial charge in [-0.1, -0.05) is 12.1 Å². The number of rotatable bonds is 5. The van der Waals surface area contributed by atoms with Gasteiger partial charge >= 0.3 is 5.97 Å². The van der Waals surface area contributed by atoms with Crippen LogP contribution in [0.4, 0.5) is 4.39 Å². The van der Waals surface area contributed by atoms with Crippen molar-refractivity contribution >= 4 is 5.97 Å². The van der Waals surface area contributed by atoms with E-state index in [-0.39, 0.29) is 12.6 Å². The van der Waals surface area contributed by atoms with Crippen LogP contribution in [0.5, 0.6) is 0 Å². The third-order valence-corrected chi connectivity index (χ3v) is 3.75. The molecule has 19 heavy (non-hydrogen) atoms. The molecule has 0 aromatic heterocycles. The largest absolute Gasteiger partial charge is 0.481 e. The van der Waals surface area contributed by atoms with Crippen molar-refractivity contribution in [3.05, 3.63) is 35.6 Å². The van der Waals surface area contributed by atoms with E-state index in [2.05, 4.69) is 0 Å². The molecule has 1 aliphatic heterocycles. The van der Waals surface area contributed by atoms with Gasteiger partial charge in [0.05, 0.1) is 6.10 Å². The first-order chi connectivity index (χ1) is 9.08. The number of carbonyl (C=O) groups is 1. The number of benzene rings is 1. The van der Waals surface area contributed by atoms with Gasteiger partial charge in [0.1, 0.15) is 11.2 Å². The molecular formula is C14H18FNO3. The Bertz CT molecular complexity index is 443. The van der Waals surface area contributed by atoms with Crippen LogP contribution in [-0.4, -0.2) is 30.3 Å². The molecule has 2 rings (SSSR count). The van der Waals surface area contributed by atoms with Crippen molar-refractivity contribution in [3.63, 3.8) is 0 Å². The number of hydrogen-bond donors (Lipinski definition) is 2. The molecule has 1 saturated heterocycles. The number of hydrogen-bond acceptors (Lipinski definition) is 3. The summed E-state index contributed by atoms with van der Waals surface area (Å²) in [6.07, 6.45) is 2.01. The highest BCUT2D eigenvalue weighted by molar-refractivity contribution is 5.81. The van der Waals surface area contributed by atoms with E-state index < -0.39 is 17.2 Å². The van der Waals surface area contributed by atoms with Gasteiger partial charge in [-0.15, -0.1) is 0 Å². The van der Waals surface area contributed by atoms with Crippen LogP contribution in [0, 0.1) is 5.82 Å². The minimum atomic E-state index is -1.21. The van der Waals surface area contributed by atoms with Crippen molar-refractivity contribution in [2.75, 3.05) is 13.2 Å². The zero-order valence-electron chi connectivity index (χ0n) is 10.6. The highest BCUT2D eigenvalue weighted by Gasteiger charge is 2.42. The number of carboxylic acids is 1. The summed E-state index contributed by atoms with van der Waals surface area (Å²) in [7, 11) is 0. The summed E-state index contributed by atoms with van der Waals surface area (Å²) in [5.41, 5.74) is 5.05. The Hall–Kier alpha value is -1.46. The Kier molecular flexibility index (Phi) is 4.17. The number of ether oxygens (including phenoxy) is 1. The second kappa shape index (κ2) is 5.67. The molecule has 1 aromatic rings. The van der Waals surface area contributed by atoms with Crippen molar-refractivity contribution < 1.29 is 19.0 Å². The average molecular weight is 267 g/mol. The molecule has 0 spiro atoms. The van der Waals surface area contributed by atoms with Crippen molar-refractivity contribution in [3.8, 4) is 0 Å². The quantitative estimate of drug-likeness (QED) is 0.851. The standard InChI is InChI=1S/C14H18FNO3/c15-11-5-3-10(4-6-11)14(9-16,13(17)18)8-12-2-1-7-19-12/h3-6,12H,1-2,7-9,16H2,(H,17,18). The van der Waals surface area contributed by atoms with Gasteiger partial charge in [-0.05, 0) is 37.0 Å². The highest BCUT2D eigenvalue weighted by atomic mass is 19.1. The summed E-state index contributed by atoms with van der Waals surface area (Å²) < 4.78 is 18.5. The molecule has 104 valence electrons. The van der Waals surface area contributed by atoms with Crippen LogP contribution in [0.3, 0.4) is 0 Å². The number of halogens is 1. The molecule has 1 fully saturated rings. The summed E-state index contributed by atoms with van der Waals surface area (Å²) in [6.45, 7) is 0.627. The third-order valence-electron chi connectivity index (χ3n) is 3.75. The van der Waals surface area contributed by atoms with Crippen LogP contribution in [0.1, 0.15) is 24.8 Å². The molecule has 3 N–H and O–H groups in total. The maximum Gasteiger partial charge on any atom is 0.315 e. The molecule has 1 aromatic carbocycles. The zero-order valence-corrected chi connectivity index (χ0v) is 10.6. The fourth-order valence-electron chi connectivity index (χ4n) is 2.58. The van der Waals surface area contributed by atoms with Crippen LogP contribution in [-0.2, 0) is 14.9 Å². The first-order valence-corrected chi connectivity index (χ1v) is 6.39. The predicted octanol–water partition coefficient (Wildman–Crippen LogP) is 1.68. The summed E-state index contributed by atoms with van der Waals surface area (Å²) in [5.74, 6) is -1.38. The Morgan fingerprint density at radius 2 is 2.16 bits per heavy atom. The second-order valence-corrected chi connectivity index (χ2v) is 4.94. The van der Waals surface area contributed by atoms with Crippen LogP contribution in [0.25, 0.3) is 0 Å². The molecule has 0 radical (unpaired) electrons. The van der Waals surface area contributed by atoms with Gasteiger partial charge in [-0.3, -0.25) is 4.79 Å². The molecule has 1 aliphatic rings. The van der Waals surface area contributed by atoms with Crippen molar-refractivity contribution in [1.82, 2.24) is 0 Å². The van der Waals surface area contributed by atoms with E-state index >= 15 is 0 Å². The molecule has 4 nitrogen and oxygen atoms in total. The van der Waals surface area contributed by atoms with Crippen molar-refractivity contribution in [2.45, 2.75) is 30.8 Å². The molecule has 1 heterocycles. The molecule has 0 amide bonds. The van der Waals surface area contributed by atoms with Gasteiger partial charge in [0.2, 0.25) is 0 Å². The Labute approximate surface area is 111 Å². The van der Waals surface area contributed by atoms with E-state index in [9.17, 15) is 14.3 Å². The summed E-state index contributed by atoms with van der Waals surface area (Å²) >= 11 is 0. The molecule has 2 unspecified atom stereocenters. The minimum absolute atomic E-state index is 0.0339. The van der Waals surface area contributed by atoms with Gasteiger partial charge in [0.25, 0.3) is 0 Å². The van der Waals surface area contributed by atoms with Crippen LogP contribution < -0.4 is 5.73 Å². The summed E-state index contributed by atoms with van der Waals surface area (Å²) in [6, 6.07) is 5.51. The van der Waals surface area contributed by atoms with E-state index in [1.165, 1.54) is 24.3 Å². The van der Waals surface area contributed by atoms with Gasteiger partial charge in [-0.25, -0.2) is 4.39 Å². The topological polar surface area (TPSA) is 72.5 Å². The SMILES string of the molecule is NCC(CC1CCCO1)(C(=O)O)c1ccc(F)cc1. The van der Waals surface area contributed by atoms with E-state index in [1.807, 2.05) is 0 Å². The lowest BCUT2D eigenvalue weighted by Gasteiger charge is -2.30. The second-order valence-electron chi connectivity index (χ2n) is 4.94. The lowest BCUT2D eigenvalue weighted by atomic mass is 9.75. The predicted molar refractivity (Wildman–Crippen MR) is 68.4 cm³/mol. The van der Waals surface area contributed by atoms with Crippen molar-refractivity contribution in [2.24, 2.45) is 5.73 Å². The number of nitrogens with two attached hydrogens (primary N) is 1. The zero-order chi connectivity index (χ0) is 13.9. The fraction of sp³-hybridized carbons (Fsp3) is 0.500. The first-order valence-electron chi connectivity index (χ1n) is 6.39. The van der Waals surface area contributed by atoms with Gasteiger partial charge < -0.3 is 15.6 Å². The molecule has 0 saturated carbocycles. The van der Waals surface area contributed by atoms with Crippen LogP contribution >= 0.6 is 0 Å². The maximum absolute atomic E-state index is 13.0. The van der Waals surface area contributed by atoms with E-state index in [1.54, 1.807) is 0 Å². The summed E-state index contributed by atoms with van der Waals surface area (Å²) in [4.78, 5) is 11.7. The van der Waals surface area contributed by atoms with E-state index in [4.69, 9.17) is 10.5 Å². The Balaban J connectivity index is 2.32. The number of aliphatic carboxylic acids is 1. The maximum atomic E-state index is 13.0. The third kappa shape index (κ3) is 2.77. The highest BCUT2D eigenvalue weighted by Crippen LogP contribution is 2.33. The molecule has 0 aliphatic carbocycles. The first kappa shape index (κ1) is 14.0. The van der Waals surface area contributed by atoms with E-state index in [0.717, 1.165) is 12.8 Å². The molecule has 2 atom stereocenters. The van der Waals surface area contributed by atoms with E-state index in [0.29, 0.717) is 18.6 Å². The summed E-state index contributed by atoms with van der Waals surface area (Å²) in [5, 5.41) is 9.58. The lowest BCUT2D eigenvalue weighted by molar-refractivity contribution is -0.145. The van der Waals surface area contributed by atoms with Crippen LogP contribution in [0.15, 0.2) is 24.3 Å². The number of carboxylic acid groups (broad SMARTS) is 1. The normalized spacial score (nSPS) is 22.1. The monoisotopic (exact) mass is 267 g/mol.